The molecule has 29 heavy (non-hydrogen) atoms. The molecule has 0 atom stereocenters. The molecule has 3 rings (SSSR count). The lowest BCUT2D eigenvalue weighted by Gasteiger charge is -2.13. The van der Waals surface area contributed by atoms with Gasteiger partial charge in [0.2, 0.25) is 0 Å². The van der Waals surface area contributed by atoms with E-state index in [-0.39, 0.29) is 24.6 Å². The Hall–Kier alpha value is -3.04. The molecule has 9 heteroatoms. The van der Waals surface area contributed by atoms with Crippen molar-refractivity contribution in [2.75, 3.05) is 6.54 Å². The summed E-state index contributed by atoms with van der Waals surface area (Å²) in [4.78, 5) is 36.2. The van der Waals surface area contributed by atoms with Gasteiger partial charge in [-0.15, -0.1) is 0 Å². The summed E-state index contributed by atoms with van der Waals surface area (Å²) in [6.45, 7) is 0.236. The number of nitro benzene ring substituents is 1. The highest BCUT2D eigenvalue weighted by atomic mass is 32.2. The number of aliphatic carboxylic acids is 1. The quantitative estimate of drug-likeness (QED) is 0.303. The fourth-order valence-corrected chi connectivity index (χ4v) is 4.25. The van der Waals surface area contributed by atoms with E-state index in [1.807, 2.05) is 0 Å². The average Bonchev–Trinajstić information content (AvgIpc) is 2.95. The third-order valence-corrected chi connectivity index (χ3v) is 5.66. The molecule has 0 radical (unpaired) electrons. The molecule has 7 nitrogen and oxygen atoms in total. The molecule has 1 heterocycles. The summed E-state index contributed by atoms with van der Waals surface area (Å²) in [5, 5.41) is 20.2. The van der Waals surface area contributed by atoms with Crippen LogP contribution in [0.3, 0.4) is 0 Å². The van der Waals surface area contributed by atoms with Gasteiger partial charge in [0.05, 0.1) is 15.4 Å². The van der Waals surface area contributed by atoms with Crippen molar-refractivity contribution in [1.29, 1.82) is 0 Å². The van der Waals surface area contributed by atoms with Crippen molar-refractivity contribution < 1.29 is 19.6 Å². The fourth-order valence-electron chi connectivity index (χ4n) is 2.95. The topological polar surface area (TPSA) is 101 Å². The van der Waals surface area contributed by atoms with Crippen LogP contribution in [0, 0.1) is 10.1 Å². The van der Waals surface area contributed by atoms with E-state index >= 15 is 0 Å². The van der Waals surface area contributed by atoms with E-state index in [4.69, 9.17) is 17.3 Å². The Kier molecular flexibility index (Phi) is 6.40. The number of carboxylic acid groups (broad SMARTS) is 1. The van der Waals surface area contributed by atoms with E-state index < -0.39 is 10.9 Å². The lowest BCUT2D eigenvalue weighted by Crippen LogP contribution is -2.29. The van der Waals surface area contributed by atoms with Gasteiger partial charge in [-0.25, -0.2) is 0 Å². The zero-order valence-electron chi connectivity index (χ0n) is 15.1. The molecule has 0 aromatic heterocycles. The lowest BCUT2D eigenvalue weighted by atomic mass is 9.98. The highest BCUT2D eigenvalue weighted by Crippen LogP contribution is 2.37. The van der Waals surface area contributed by atoms with Gasteiger partial charge in [-0.05, 0) is 29.7 Å². The summed E-state index contributed by atoms with van der Waals surface area (Å²) in [5.74, 6) is -1.22. The molecule has 1 aliphatic rings. The maximum absolute atomic E-state index is 12.7. The Morgan fingerprint density at radius 3 is 2.52 bits per heavy atom. The Morgan fingerprint density at radius 1 is 1.17 bits per heavy atom. The lowest BCUT2D eigenvalue weighted by molar-refractivity contribution is -0.384. The number of para-hydroxylation sites is 1. The van der Waals surface area contributed by atoms with Gasteiger partial charge in [-0.1, -0.05) is 60.4 Å². The van der Waals surface area contributed by atoms with Gasteiger partial charge in [0.15, 0.2) is 0 Å². The van der Waals surface area contributed by atoms with Crippen molar-refractivity contribution >= 4 is 51.9 Å². The van der Waals surface area contributed by atoms with Crippen LogP contribution in [0.25, 0.3) is 17.2 Å². The minimum atomic E-state index is -0.927. The second kappa shape index (κ2) is 8.97. The van der Waals surface area contributed by atoms with Crippen molar-refractivity contribution in [2.24, 2.45) is 0 Å². The minimum absolute atomic E-state index is 0.0189. The first-order valence-electron chi connectivity index (χ1n) is 8.68. The Balaban J connectivity index is 1.93. The number of hydrogen-bond donors (Lipinski definition) is 1. The first-order chi connectivity index (χ1) is 13.9. The van der Waals surface area contributed by atoms with E-state index in [1.54, 1.807) is 48.5 Å². The number of thiocarbonyl (C=S) groups is 1. The molecule has 1 N–H and O–H groups in total. The monoisotopic (exact) mass is 428 g/mol. The number of carbonyl (C=O) groups excluding carboxylic acids is 1. The number of amides is 1. The van der Waals surface area contributed by atoms with Gasteiger partial charge in [-0.3, -0.25) is 24.6 Å². The van der Waals surface area contributed by atoms with Crippen molar-refractivity contribution in [1.82, 2.24) is 4.90 Å². The van der Waals surface area contributed by atoms with Gasteiger partial charge in [0.1, 0.15) is 4.32 Å². The van der Waals surface area contributed by atoms with Crippen molar-refractivity contribution in [3.63, 3.8) is 0 Å². The van der Waals surface area contributed by atoms with E-state index in [1.165, 1.54) is 11.0 Å². The van der Waals surface area contributed by atoms with Crippen LogP contribution in [-0.2, 0) is 9.59 Å². The molecule has 0 bridgehead atoms. The van der Waals surface area contributed by atoms with Crippen molar-refractivity contribution in [3.8, 4) is 11.1 Å². The summed E-state index contributed by atoms with van der Waals surface area (Å²) >= 11 is 6.40. The van der Waals surface area contributed by atoms with E-state index in [2.05, 4.69) is 0 Å². The molecule has 0 saturated carbocycles. The first kappa shape index (κ1) is 20.7. The maximum atomic E-state index is 12.7. The average molecular weight is 428 g/mol. The molecule has 0 spiro atoms. The van der Waals surface area contributed by atoms with E-state index in [0.717, 1.165) is 11.8 Å². The molecule has 0 unspecified atom stereocenters. The minimum Gasteiger partial charge on any atom is -0.481 e. The summed E-state index contributed by atoms with van der Waals surface area (Å²) < 4.78 is 0.370. The number of carbonyl (C=O) groups is 2. The van der Waals surface area contributed by atoms with Crippen LogP contribution in [0.2, 0.25) is 0 Å². The van der Waals surface area contributed by atoms with Crippen LogP contribution in [0.15, 0.2) is 53.4 Å². The molecule has 1 amide bonds. The smallest absolute Gasteiger partial charge is 0.303 e. The van der Waals surface area contributed by atoms with Crippen LogP contribution >= 0.6 is 24.0 Å². The number of nitro groups is 1. The third kappa shape index (κ3) is 4.69. The largest absolute Gasteiger partial charge is 0.481 e. The van der Waals surface area contributed by atoms with Gasteiger partial charge in [0, 0.05) is 19.0 Å². The highest BCUT2D eigenvalue weighted by molar-refractivity contribution is 8.26. The van der Waals surface area contributed by atoms with Crippen LogP contribution in [0.4, 0.5) is 5.69 Å². The van der Waals surface area contributed by atoms with E-state index in [0.29, 0.717) is 32.3 Å². The first-order valence-corrected chi connectivity index (χ1v) is 9.91. The number of rotatable bonds is 7. The predicted molar refractivity (Wildman–Crippen MR) is 115 cm³/mol. The Bertz CT molecular complexity index is 1040. The predicted octanol–water partition coefficient (Wildman–Crippen LogP) is 4.33. The standard InChI is InChI=1S/C20H16N2O5S2/c23-18(24)10-5-11-21-19(25)17(29-20(21)28)12-13-6-1-2-7-14(13)15-8-3-4-9-16(15)22(26)27/h1-4,6-9,12H,5,10-11H2,(H,23,24). The summed E-state index contributed by atoms with van der Waals surface area (Å²) in [5.41, 5.74) is 1.74. The third-order valence-electron chi connectivity index (χ3n) is 4.28. The molecule has 1 aliphatic heterocycles. The van der Waals surface area contributed by atoms with Gasteiger partial charge < -0.3 is 5.11 Å². The van der Waals surface area contributed by atoms with E-state index in [9.17, 15) is 19.7 Å². The Labute approximate surface area is 176 Å². The van der Waals surface area contributed by atoms with Crippen molar-refractivity contribution in [3.05, 3.63) is 69.1 Å². The maximum Gasteiger partial charge on any atom is 0.303 e. The van der Waals surface area contributed by atoms with Crippen LogP contribution < -0.4 is 0 Å². The second-order valence-corrected chi connectivity index (χ2v) is 7.87. The normalized spacial score (nSPS) is 15.2. The summed E-state index contributed by atoms with van der Waals surface area (Å²) in [6, 6.07) is 13.5. The number of nitrogens with zero attached hydrogens (tertiary/aromatic N) is 2. The number of hydrogen-bond acceptors (Lipinski definition) is 6. The molecule has 0 aliphatic carbocycles. The summed E-state index contributed by atoms with van der Waals surface area (Å²) in [6.07, 6.45) is 1.93. The molecule has 2 aromatic carbocycles. The molecule has 1 fully saturated rings. The fraction of sp³-hybridized carbons (Fsp3) is 0.150. The zero-order valence-corrected chi connectivity index (χ0v) is 16.7. The van der Waals surface area contributed by atoms with Crippen molar-refractivity contribution in [2.45, 2.75) is 12.8 Å². The molecule has 1 saturated heterocycles. The number of benzene rings is 2. The Morgan fingerprint density at radius 2 is 1.83 bits per heavy atom. The summed E-state index contributed by atoms with van der Waals surface area (Å²) in [7, 11) is 0. The van der Waals surface area contributed by atoms with Gasteiger partial charge >= 0.3 is 5.97 Å². The number of thioether (sulfide) groups is 1. The van der Waals surface area contributed by atoms with Gasteiger partial charge in [-0.2, -0.15) is 0 Å². The molecular formula is C20H16N2O5S2. The van der Waals surface area contributed by atoms with Gasteiger partial charge in [0.25, 0.3) is 11.6 Å². The second-order valence-electron chi connectivity index (χ2n) is 6.19. The highest BCUT2D eigenvalue weighted by Gasteiger charge is 2.32. The van der Waals surface area contributed by atoms with Crippen LogP contribution in [-0.4, -0.2) is 37.7 Å². The zero-order chi connectivity index (χ0) is 21.0. The molecule has 2 aromatic rings. The molecular weight excluding hydrogens is 412 g/mol. The van der Waals surface area contributed by atoms with Crippen LogP contribution in [0.5, 0.6) is 0 Å². The van der Waals surface area contributed by atoms with Crippen LogP contribution in [0.1, 0.15) is 18.4 Å². The SMILES string of the molecule is O=C(O)CCCN1C(=O)C(=Cc2ccccc2-c2ccccc2[N+](=O)[O-])SC1=S. The molecule has 148 valence electrons. The number of carboxylic acids is 1.